The molecule has 0 spiro atoms. The molecule has 3 aromatic carbocycles. The van der Waals surface area contributed by atoms with Crippen molar-refractivity contribution in [2.24, 2.45) is 0 Å². The van der Waals surface area contributed by atoms with E-state index in [4.69, 9.17) is 0 Å². The van der Waals surface area contributed by atoms with Gasteiger partial charge in [-0.15, -0.1) is 0 Å². The van der Waals surface area contributed by atoms with Gasteiger partial charge in [0.25, 0.3) is 0 Å². The fourth-order valence-electron chi connectivity index (χ4n) is 4.01. The molecule has 100 valence electrons. The van der Waals surface area contributed by atoms with Crippen LogP contribution in [0, 0.1) is 6.92 Å². The lowest BCUT2D eigenvalue weighted by Gasteiger charge is -2.06. The van der Waals surface area contributed by atoms with Crippen LogP contribution in [0.4, 0.5) is 0 Å². The minimum Gasteiger partial charge on any atom is -0.0619 e. The monoisotopic (exact) mass is 268 g/mol. The molecule has 0 saturated carbocycles. The zero-order chi connectivity index (χ0) is 14.0. The van der Waals surface area contributed by atoms with E-state index in [1.165, 1.54) is 50.1 Å². The number of benzene rings is 3. The number of fused-ring (bicyclic) bond motifs is 6. The highest BCUT2D eigenvalue weighted by atomic mass is 14.3. The summed E-state index contributed by atoms with van der Waals surface area (Å²) < 4.78 is 0. The summed E-state index contributed by atoms with van der Waals surface area (Å²) in [4.78, 5) is 0. The molecule has 21 heavy (non-hydrogen) atoms. The van der Waals surface area contributed by atoms with Crippen LogP contribution in [0.2, 0.25) is 0 Å². The highest BCUT2D eigenvalue weighted by molar-refractivity contribution is 5.85. The van der Waals surface area contributed by atoms with Crippen molar-refractivity contribution >= 4 is 0 Å². The summed E-state index contributed by atoms with van der Waals surface area (Å²) >= 11 is 0. The van der Waals surface area contributed by atoms with Crippen LogP contribution in [0.5, 0.6) is 0 Å². The van der Waals surface area contributed by atoms with Gasteiger partial charge in [-0.05, 0) is 82.0 Å². The first-order valence-corrected chi connectivity index (χ1v) is 7.64. The van der Waals surface area contributed by atoms with Crippen LogP contribution in [0.25, 0.3) is 22.3 Å². The largest absolute Gasteiger partial charge is 0.0619 e. The van der Waals surface area contributed by atoms with Gasteiger partial charge >= 0.3 is 0 Å². The van der Waals surface area contributed by atoms with Crippen molar-refractivity contribution < 1.29 is 0 Å². The minimum atomic E-state index is 1.08. The third-order valence-corrected chi connectivity index (χ3v) is 5.09. The molecule has 5 rings (SSSR count). The van der Waals surface area contributed by atoms with E-state index in [1.54, 1.807) is 0 Å². The number of rotatable bonds is 0. The van der Waals surface area contributed by atoms with Gasteiger partial charge in [-0.2, -0.15) is 0 Å². The van der Waals surface area contributed by atoms with Crippen LogP contribution < -0.4 is 0 Å². The van der Waals surface area contributed by atoms with Crippen molar-refractivity contribution in [3.8, 4) is 22.3 Å². The standard InChI is InChI=1S/C21H16/c1-13-5-4-8-18-19(13)10-16-12-20-15(11-21(16)18)9-14-6-2-3-7-17(14)20/h2-8,11-12H,9-10H2,1H3. The molecule has 0 fully saturated rings. The van der Waals surface area contributed by atoms with Crippen LogP contribution in [0.3, 0.4) is 0 Å². The van der Waals surface area contributed by atoms with Gasteiger partial charge in [0.1, 0.15) is 0 Å². The van der Waals surface area contributed by atoms with Gasteiger partial charge in [-0.3, -0.25) is 0 Å². The topological polar surface area (TPSA) is 0 Å². The Morgan fingerprint density at radius 2 is 1.33 bits per heavy atom. The van der Waals surface area contributed by atoms with Crippen LogP contribution >= 0.6 is 0 Å². The van der Waals surface area contributed by atoms with Crippen LogP contribution in [0.15, 0.2) is 54.6 Å². The van der Waals surface area contributed by atoms with Crippen LogP contribution in [-0.2, 0) is 12.8 Å². The first kappa shape index (κ1) is 11.3. The Morgan fingerprint density at radius 3 is 2.24 bits per heavy atom. The fraction of sp³-hybridized carbons (Fsp3) is 0.143. The maximum Gasteiger partial charge on any atom is -0.00106 e. The summed E-state index contributed by atoms with van der Waals surface area (Å²) in [5, 5.41) is 0. The maximum absolute atomic E-state index is 2.44. The summed E-state index contributed by atoms with van der Waals surface area (Å²) in [6.07, 6.45) is 2.17. The van der Waals surface area contributed by atoms with Crippen LogP contribution in [-0.4, -0.2) is 0 Å². The molecule has 0 nitrogen and oxygen atoms in total. The third-order valence-electron chi connectivity index (χ3n) is 5.09. The molecule has 0 radical (unpaired) electrons. The number of hydrogen-bond acceptors (Lipinski definition) is 0. The van der Waals surface area contributed by atoms with Gasteiger partial charge in [0.15, 0.2) is 0 Å². The molecule has 0 unspecified atom stereocenters. The fourth-order valence-corrected chi connectivity index (χ4v) is 4.01. The Morgan fingerprint density at radius 1 is 0.619 bits per heavy atom. The van der Waals surface area contributed by atoms with E-state index in [0.717, 1.165) is 12.8 Å². The Bertz CT molecular complexity index is 900. The highest BCUT2D eigenvalue weighted by Crippen LogP contribution is 2.45. The van der Waals surface area contributed by atoms with Gasteiger partial charge in [-0.1, -0.05) is 42.5 Å². The van der Waals surface area contributed by atoms with E-state index in [0.29, 0.717) is 0 Å². The molecule has 0 heterocycles. The van der Waals surface area contributed by atoms with E-state index in [-0.39, 0.29) is 0 Å². The van der Waals surface area contributed by atoms with Crippen molar-refractivity contribution in [3.63, 3.8) is 0 Å². The number of hydrogen-bond donors (Lipinski definition) is 0. The van der Waals surface area contributed by atoms with E-state index >= 15 is 0 Å². The van der Waals surface area contributed by atoms with Gasteiger partial charge in [0.2, 0.25) is 0 Å². The highest BCUT2D eigenvalue weighted by Gasteiger charge is 2.25. The lowest BCUT2D eigenvalue weighted by molar-refractivity contribution is 1.21. The summed E-state index contributed by atoms with van der Waals surface area (Å²) in [7, 11) is 0. The van der Waals surface area contributed by atoms with E-state index in [9.17, 15) is 0 Å². The molecule has 0 amide bonds. The molecule has 2 aliphatic rings. The molecule has 0 N–H and O–H groups in total. The second-order valence-electron chi connectivity index (χ2n) is 6.28. The second kappa shape index (κ2) is 3.85. The zero-order valence-electron chi connectivity index (χ0n) is 12.1. The zero-order valence-corrected chi connectivity index (χ0v) is 12.1. The molecule has 0 heteroatoms. The first-order valence-electron chi connectivity index (χ1n) is 7.64. The third kappa shape index (κ3) is 1.45. The smallest absolute Gasteiger partial charge is 0.00106 e. The van der Waals surface area contributed by atoms with Gasteiger partial charge in [-0.25, -0.2) is 0 Å². The molecule has 2 aliphatic carbocycles. The minimum absolute atomic E-state index is 1.08. The Labute approximate surface area is 125 Å². The summed E-state index contributed by atoms with van der Waals surface area (Å²) in [5.74, 6) is 0. The Hall–Kier alpha value is -2.34. The average molecular weight is 268 g/mol. The summed E-state index contributed by atoms with van der Waals surface area (Å²) in [6, 6.07) is 20.4. The van der Waals surface area contributed by atoms with Gasteiger partial charge < -0.3 is 0 Å². The Balaban J connectivity index is 1.75. The predicted molar refractivity (Wildman–Crippen MR) is 87.7 cm³/mol. The molecular weight excluding hydrogens is 252 g/mol. The van der Waals surface area contributed by atoms with Gasteiger partial charge in [0.05, 0.1) is 0 Å². The molecular formula is C21H16. The van der Waals surface area contributed by atoms with E-state index in [1.807, 2.05) is 0 Å². The predicted octanol–water partition coefficient (Wildman–Crippen LogP) is 5.14. The van der Waals surface area contributed by atoms with E-state index < -0.39 is 0 Å². The SMILES string of the molecule is Cc1cccc2c1Cc1cc3c(cc1-2)Cc1ccccc1-3. The first-order chi connectivity index (χ1) is 10.3. The summed E-state index contributed by atoms with van der Waals surface area (Å²) in [6.45, 7) is 2.23. The van der Waals surface area contributed by atoms with Crippen molar-refractivity contribution in [1.82, 2.24) is 0 Å². The molecule has 0 bridgehead atoms. The maximum atomic E-state index is 2.44. The summed E-state index contributed by atoms with van der Waals surface area (Å²) in [5.41, 5.74) is 13.2. The second-order valence-corrected chi connectivity index (χ2v) is 6.28. The molecule has 0 saturated heterocycles. The number of aryl methyl sites for hydroxylation is 1. The molecule has 0 atom stereocenters. The van der Waals surface area contributed by atoms with Crippen molar-refractivity contribution in [2.75, 3.05) is 0 Å². The van der Waals surface area contributed by atoms with Crippen LogP contribution in [0.1, 0.15) is 27.8 Å². The normalized spacial score (nSPS) is 13.6. The van der Waals surface area contributed by atoms with Gasteiger partial charge in [0, 0.05) is 0 Å². The lowest BCUT2D eigenvalue weighted by atomic mass is 9.98. The van der Waals surface area contributed by atoms with Crippen molar-refractivity contribution in [3.05, 3.63) is 82.4 Å². The average Bonchev–Trinajstić information content (AvgIpc) is 3.04. The lowest BCUT2D eigenvalue weighted by Crippen LogP contribution is -1.86. The Kier molecular flexibility index (Phi) is 2.08. The van der Waals surface area contributed by atoms with Crippen molar-refractivity contribution in [1.29, 1.82) is 0 Å². The molecule has 0 aliphatic heterocycles. The molecule has 0 aromatic heterocycles. The molecule has 3 aromatic rings. The van der Waals surface area contributed by atoms with Crippen molar-refractivity contribution in [2.45, 2.75) is 19.8 Å². The quantitative estimate of drug-likeness (QED) is 0.365. The van der Waals surface area contributed by atoms with E-state index in [2.05, 4.69) is 61.5 Å².